The monoisotopic (exact) mass is 250 g/mol. The zero-order valence-electron chi connectivity index (χ0n) is 9.97. The summed E-state index contributed by atoms with van der Waals surface area (Å²) >= 11 is 5.75. The molecular formula is C12H15ClN4. The van der Waals surface area contributed by atoms with Crippen molar-refractivity contribution in [3.05, 3.63) is 47.3 Å². The summed E-state index contributed by atoms with van der Waals surface area (Å²) in [5.41, 5.74) is 1.14. The Hall–Kier alpha value is -1.39. The van der Waals surface area contributed by atoms with Crippen LogP contribution in [0.3, 0.4) is 0 Å². The van der Waals surface area contributed by atoms with Crippen molar-refractivity contribution >= 4 is 11.6 Å². The van der Waals surface area contributed by atoms with Crippen LogP contribution in [-0.4, -0.2) is 26.5 Å². The Morgan fingerprint density at radius 3 is 2.71 bits per heavy atom. The van der Waals surface area contributed by atoms with Gasteiger partial charge >= 0.3 is 0 Å². The molecule has 0 saturated carbocycles. The normalized spacial score (nSPS) is 11.1. The van der Waals surface area contributed by atoms with Crippen molar-refractivity contribution in [3.8, 4) is 0 Å². The Morgan fingerprint density at radius 2 is 2.12 bits per heavy atom. The SMILES string of the molecule is CN(Cc1ccc(Cl)nc1)Cc1nccn1C. The van der Waals surface area contributed by atoms with Crippen molar-refractivity contribution in [2.45, 2.75) is 13.1 Å². The summed E-state index contributed by atoms with van der Waals surface area (Å²) < 4.78 is 2.02. The molecular weight excluding hydrogens is 236 g/mol. The van der Waals surface area contributed by atoms with Crippen LogP contribution < -0.4 is 0 Å². The Balaban J connectivity index is 1.95. The smallest absolute Gasteiger partial charge is 0.129 e. The van der Waals surface area contributed by atoms with E-state index in [0.29, 0.717) is 5.15 Å². The van der Waals surface area contributed by atoms with Crippen molar-refractivity contribution in [1.82, 2.24) is 19.4 Å². The highest BCUT2D eigenvalue weighted by Gasteiger charge is 2.05. The van der Waals surface area contributed by atoms with Crippen LogP contribution in [0.25, 0.3) is 0 Å². The van der Waals surface area contributed by atoms with Gasteiger partial charge in [-0.05, 0) is 18.7 Å². The molecule has 0 spiro atoms. The number of hydrogen-bond donors (Lipinski definition) is 0. The van der Waals surface area contributed by atoms with Crippen molar-refractivity contribution in [2.75, 3.05) is 7.05 Å². The predicted octanol–water partition coefficient (Wildman–Crippen LogP) is 2.10. The van der Waals surface area contributed by atoms with E-state index >= 15 is 0 Å². The number of hydrogen-bond acceptors (Lipinski definition) is 3. The maximum atomic E-state index is 5.75. The van der Waals surface area contributed by atoms with Gasteiger partial charge in [0.2, 0.25) is 0 Å². The van der Waals surface area contributed by atoms with Crippen molar-refractivity contribution in [1.29, 1.82) is 0 Å². The lowest BCUT2D eigenvalue weighted by atomic mass is 10.3. The fourth-order valence-corrected chi connectivity index (χ4v) is 1.77. The molecule has 90 valence electrons. The molecule has 0 aromatic carbocycles. The molecule has 0 radical (unpaired) electrons. The number of halogens is 1. The van der Waals surface area contributed by atoms with Gasteiger partial charge in [0.1, 0.15) is 11.0 Å². The first-order valence-corrected chi connectivity index (χ1v) is 5.78. The lowest BCUT2D eigenvalue weighted by molar-refractivity contribution is 0.307. The highest BCUT2D eigenvalue weighted by atomic mass is 35.5. The summed E-state index contributed by atoms with van der Waals surface area (Å²) in [5, 5.41) is 0.528. The zero-order valence-corrected chi connectivity index (χ0v) is 10.7. The topological polar surface area (TPSA) is 34.0 Å². The van der Waals surface area contributed by atoms with E-state index in [-0.39, 0.29) is 0 Å². The first-order chi connectivity index (χ1) is 8.15. The van der Waals surface area contributed by atoms with E-state index in [1.165, 1.54) is 0 Å². The second-order valence-corrected chi connectivity index (χ2v) is 4.50. The number of aromatic nitrogens is 3. The Morgan fingerprint density at radius 1 is 1.29 bits per heavy atom. The van der Waals surface area contributed by atoms with Crippen LogP contribution in [-0.2, 0) is 20.1 Å². The molecule has 4 nitrogen and oxygen atoms in total. The molecule has 2 aromatic rings. The number of pyridine rings is 1. The largest absolute Gasteiger partial charge is 0.337 e. The minimum Gasteiger partial charge on any atom is -0.337 e. The van der Waals surface area contributed by atoms with Crippen LogP contribution in [0.2, 0.25) is 5.15 Å². The minimum atomic E-state index is 0.528. The number of imidazole rings is 1. The van der Waals surface area contributed by atoms with Crippen LogP contribution in [0.4, 0.5) is 0 Å². The molecule has 0 N–H and O–H groups in total. The molecule has 0 saturated heterocycles. The number of aryl methyl sites for hydroxylation is 1. The third kappa shape index (κ3) is 3.28. The summed E-state index contributed by atoms with van der Waals surface area (Å²) in [4.78, 5) is 10.5. The molecule has 5 heteroatoms. The first kappa shape index (κ1) is 12.1. The minimum absolute atomic E-state index is 0.528. The lowest BCUT2D eigenvalue weighted by Crippen LogP contribution is -2.19. The van der Waals surface area contributed by atoms with Gasteiger partial charge in [0.25, 0.3) is 0 Å². The van der Waals surface area contributed by atoms with Crippen LogP contribution in [0.5, 0.6) is 0 Å². The fraction of sp³-hybridized carbons (Fsp3) is 0.333. The molecule has 2 rings (SSSR count). The summed E-state index contributed by atoms with van der Waals surface area (Å²) in [6, 6.07) is 3.80. The maximum absolute atomic E-state index is 5.75. The average molecular weight is 251 g/mol. The fourth-order valence-electron chi connectivity index (χ4n) is 1.66. The maximum Gasteiger partial charge on any atom is 0.129 e. The highest BCUT2D eigenvalue weighted by Crippen LogP contribution is 2.08. The number of rotatable bonds is 4. The third-order valence-corrected chi connectivity index (χ3v) is 2.80. The second kappa shape index (κ2) is 5.29. The van der Waals surface area contributed by atoms with E-state index in [0.717, 1.165) is 24.5 Å². The molecule has 0 atom stereocenters. The first-order valence-electron chi connectivity index (χ1n) is 5.40. The molecule has 0 aliphatic carbocycles. The summed E-state index contributed by atoms with van der Waals surface area (Å²) in [6.45, 7) is 1.64. The molecule has 0 aliphatic heterocycles. The Kier molecular flexibility index (Phi) is 3.76. The van der Waals surface area contributed by atoms with Crippen molar-refractivity contribution in [3.63, 3.8) is 0 Å². The van der Waals surface area contributed by atoms with Crippen molar-refractivity contribution < 1.29 is 0 Å². The average Bonchev–Trinajstić information content (AvgIpc) is 2.68. The van der Waals surface area contributed by atoms with Gasteiger partial charge in [-0.15, -0.1) is 0 Å². The Labute approximate surface area is 106 Å². The quantitative estimate of drug-likeness (QED) is 0.780. The molecule has 2 aromatic heterocycles. The highest BCUT2D eigenvalue weighted by molar-refractivity contribution is 6.29. The van der Waals surface area contributed by atoms with E-state index in [1.54, 1.807) is 6.20 Å². The van der Waals surface area contributed by atoms with Gasteiger partial charge in [-0.2, -0.15) is 0 Å². The molecule has 2 heterocycles. The molecule has 0 amide bonds. The van der Waals surface area contributed by atoms with Crippen LogP contribution >= 0.6 is 11.6 Å². The molecule has 0 unspecified atom stereocenters. The van der Waals surface area contributed by atoms with Crippen molar-refractivity contribution in [2.24, 2.45) is 7.05 Å². The van der Waals surface area contributed by atoms with Gasteiger partial charge in [-0.25, -0.2) is 9.97 Å². The standard InChI is InChI=1S/C12H15ClN4/c1-16(9-12-14-5-6-17(12)2)8-10-3-4-11(13)15-7-10/h3-7H,8-9H2,1-2H3. The third-order valence-electron chi connectivity index (χ3n) is 2.57. The van der Waals surface area contributed by atoms with Gasteiger partial charge in [-0.3, -0.25) is 4.90 Å². The zero-order chi connectivity index (χ0) is 12.3. The molecule has 0 bridgehead atoms. The van der Waals surface area contributed by atoms with Crippen LogP contribution in [0.15, 0.2) is 30.7 Å². The van der Waals surface area contributed by atoms with E-state index in [9.17, 15) is 0 Å². The van der Waals surface area contributed by atoms with Gasteiger partial charge < -0.3 is 4.57 Å². The van der Waals surface area contributed by atoms with Gasteiger partial charge in [0.05, 0.1) is 6.54 Å². The summed E-state index contributed by atoms with van der Waals surface area (Å²) in [6.07, 6.45) is 5.57. The van der Waals surface area contributed by atoms with E-state index in [4.69, 9.17) is 11.6 Å². The second-order valence-electron chi connectivity index (χ2n) is 4.12. The molecule has 17 heavy (non-hydrogen) atoms. The van der Waals surface area contributed by atoms with Gasteiger partial charge in [0, 0.05) is 32.2 Å². The predicted molar refractivity (Wildman–Crippen MR) is 67.6 cm³/mol. The van der Waals surface area contributed by atoms with Crippen LogP contribution in [0, 0.1) is 0 Å². The van der Waals surface area contributed by atoms with E-state index < -0.39 is 0 Å². The van der Waals surface area contributed by atoms with E-state index in [1.807, 2.05) is 36.1 Å². The number of nitrogens with zero attached hydrogens (tertiary/aromatic N) is 4. The lowest BCUT2D eigenvalue weighted by Gasteiger charge is -2.16. The summed E-state index contributed by atoms with van der Waals surface area (Å²) in [7, 11) is 4.06. The van der Waals surface area contributed by atoms with E-state index in [2.05, 4.69) is 21.9 Å². The molecule has 0 fully saturated rings. The van der Waals surface area contributed by atoms with Crippen LogP contribution in [0.1, 0.15) is 11.4 Å². The molecule has 0 aliphatic rings. The Bertz CT molecular complexity index is 478. The summed E-state index contributed by atoms with van der Waals surface area (Å²) in [5.74, 6) is 1.05. The van der Waals surface area contributed by atoms with Gasteiger partial charge in [0.15, 0.2) is 0 Å². The van der Waals surface area contributed by atoms with Gasteiger partial charge in [-0.1, -0.05) is 17.7 Å².